The topological polar surface area (TPSA) is 22.0 Å². The van der Waals surface area contributed by atoms with Gasteiger partial charge in [-0.2, -0.15) is 0 Å². The standard InChI is InChI=1S/C13H12ClNOS/c14-13-5-4-10(17-13)7-15-6-9-2-1-3-12(16)11(9)8-15/h4-6,8H,1-3,7H2. The largest absolute Gasteiger partial charge is 0.348 e. The van der Waals surface area contributed by atoms with E-state index >= 15 is 0 Å². The molecule has 17 heavy (non-hydrogen) atoms. The van der Waals surface area contributed by atoms with E-state index in [1.807, 2.05) is 18.3 Å². The number of hydrogen-bond donors (Lipinski definition) is 0. The fraction of sp³-hybridized carbons (Fsp3) is 0.308. The predicted molar refractivity (Wildman–Crippen MR) is 70.1 cm³/mol. The molecule has 1 aliphatic carbocycles. The van der Waals surface area contributed by atoms with Crippen molar-refractivity contribution in [2.24, 2.45) is 0 Å². The van der Waals surface area contributed by atoms with E-state index in [0.717, 1.165) is 29.3 Å². The minimum Gasteiger partial charge on any atom is -0.348 e. The molecule has 1 aliphatic rings. The second-order valence-corrected chi connectivity index (χ2v) is 6.15. The van der Waals surface area contributed by atoms with E-state index < -0.39 is 0 Å². The lowest BCUT2D eigenvalue weighted by atomic mass is 9.95. The number of nitrogens with zero attached hydrogens (tertiary/aromatic N) is 1. The number of aromatic nitrogens is 1. The molecule has 88 valence electrons. The summed E-state index contributed by atoms with van der Waals surface area (Å²) in [6, 6.07) is 3.95. The summed E-state index contributed by atoms with van der Waals surface area (Å²) in [7, 11) is 0. The minimum atomic E-state index is 0.286. The summed E-state index contributed by atoms with van der Waals surface area (Å²) in [5.74, 6) is 0.286. The first-order chi connectivity index (χ1) is 8.22. The van der Waals surface area contributed by atoms with Gasteiger partial charge in [-0.05, 0) is 30.5 Å². The van der Waals surface area contributed by atoms with Crippen molar-refractivity contribution >= 4 is 28.7 Å². The van der Waals surface area contributed by atoms with Crippen molar-refractivity contribution in [2.45, 2.75) is 25.8 Å². The monoisotopic (exact) mass is 265 g/mol. The van der Waals surface area contributed by atoms with Gasteiger partial charge in [-0.25, -0.2) is 0 Å². The molecule has 0 radical (unpaired) electrons. The molecule has 0 saturated heterocycles. The molecule has 0 N–H and O–H groups in total. The third-order valence-corrected chi connectivity index (χ3v) is 4.30. The zero-order valence-corrected chi connectivity index (χ0v) is 10.9. The van der Waals surface area contributed by atoms with Crippen LogP contribution in [0.2, 0.25) is 4.34 Å². The van der Waals surface area contributed by atoms with Crippen LogP contribution >= 0.6 is 22.9 Å². The van der Waals surface area contributed by atoms with E-state index in [9.17, 15) is 4.79 Å². The first-order valence-electron chi connectivity index (χ1n) is 5.68. The van der Waals surface area contributed by atoms with Gasteiger partial charge in [0.25, 0.3) is 0 Å². The maximum Gasteiger partial charge on any atom is 0.164 e. The number of halogens is 1. The van der Waals surface area contributed by atoms with Gasteiger partial charge in [0.2, 0.25) is 0 Å². The molecule has 3 rings (SSSR count). The van der Waals surface area contributed by atoms with Gasteiger partial charge in [-0.1, -0.05) is 11.6 Å². The van der Waals surface area contributed by atoms with E-state index in [0.29, 0.717) is 6.42 Å². The predicted octanol–water partition coefficient (Wildman–Crippen LogP) is 3.77. The number of fused-ring (bicyclic) bond motifs is 1. The third kappa shape index (κ3) is 2.17. The highest BCUT2D eigenvalue weighted by Crippen LogP contribution is 2.25. The fourth-order valence-electron chi connectivity index (χ4n) is 2.29. The Morgan fingerprint density at radius 3 is 2.88 bits per heavy atom. The Labute approximate surface area is 109 Å². The molecule has 0 amide bonds. The van der Waals surface area contributed by atoms with Crippen molar-refractivity contribution in [2.75, 3.05) is 0 Å². The second kappa shape index (κ2) is 4.31. The molecule has 0 unspecified atom stereocenters. The summed E-state index contributed by atoms with van der Waals surface area (Å²) in [5.41, 5.74) is 2.11. The summed E-state index contributed by atoms with van der Waals surface area (Å²) in [5, 5.41) is 0. The lowest BCUT2D eigenvalue weighted by molar-refractivity contribution is 0.0973. The summed E-state index contributed by atoms with van der Waals surface area (Å²) in [6.45, 7) is 0.803. The van der Waals surface area contributed by atoms with Gasteiger partial charge in [0, 0.05) is 29.3 Å². The molecule has 0 fully saturated rings. The molecule has 2 nitrogen and oxygen atoms in total. The van der Waals surface area contributed by atoms with Crippen molar-refractivity contribution < 1.29 is 4.79 Å². The number of Topliss-reactive ketones (excluding diaryl/α,β-unsaturated/α-hetero) is 1. The van der Waals surface area contributed by atoms with Crippen LogP contribution in [0.4, 0.5) is 0 Å². The van der Waals surface area contributed by atoms with Crippen LogP contribution < -0.4 is 0 Å². The summed E-state index contributed by atoms with van der Waals surface area (Å²) in [4.78, 5) is 12.9. The summed E-state index contributed by atoms with van der Waals surface area (Å²) < 4.78 is 2.91. The van der Waals surface area contributed by atoms with Gasteiger partial charge < -0.3 is 4.57 Å². The van der Waals surface area contributed by atoms with Gasteiger partial charge >= 0.3 is 0 Å². The normalized spacial score (nSPS) is 15.0. The molecule has 2 aromatic rings. The van der Waals surface area contributed by atoms with Crippen molar-refractivity contribution in [3.05, 3.63) is 44.9 Å². The number of carbonyl (C=O) groups is 1. The molecule has 0 aliphatic heterocycles. The molecular formula is C13H12ClNOS. The number of carbonyl (C=O) groups excluding carboxylic acids is 1. The Morgan fingerprint density at radius 2 is 2.18 bits per heavy atom. The highest BCUT2D eigenvalue weighted by Gasteiger charge is 2.19. The quantitative estimate of drug-likeness (QED) is 0.810. The maximum atomic E-state index is 11.7. The van der Waals surface area contributed by atoms with Crippen molar-refractivity contribution in [3.63, 3.8) is 0 Å². The molecule has 0 spiro atoms. The Morgan fingerprint density at radius 1 is 1.29 bits per heavy atom. The van der Waals surface area contributed by atoms with Crippen molar-refractivity contribution in [3.8, 4) is 0 Å². The Bertz CT molecular complexity index is 570. The van der Waals surface area contributed by atoms with E-state index in [1.54, 1.807) is 11.3 Å². The molecule has 0 aromatic carbocycles. The highest BCUT2D eigenvalue weighted by atomic mass is 35.5. The van der Waals surface area contributed by atoms with Crippen molar-refractivity contribution in [1.29, 1.82) is 0 Å². The number of aryl methyl sites for hydroxylation is 1. The Kier molecular flexibility index (Phi) is 2.81. The Balaban J connectivity index is 1.87. The third-order valence-electron chi connectivity index (χ3n) is 3.08. The van der Waals surface area contributed by atoms with Crippen LogP contribution in [0.25, 0.3) is 0 Å². The van der Waals surface area contributed by atoms with Crippen LogP contribution in [0.5, 0.6) is 0 Å². The summed E-state index contributed by atoms with van der Waals surface area (Å²) in [6.07, 6.45) is 6.78. The van der Waals surface area contributed by atoms with Gasteiger partial charge in [0.1, 0.15) is 0 Å². The number of hydrogen-bond acceptors (Lipinski definition) is 2. The molecule has 2 heterocycles. The number of ketones is 1. The number of thiophene rings is 1. The molecule has 0 saturated carbocycles. The van der Waals surface area contributed by atoms with Crippen molar-refractivity contribution in [1.82, 2.24) is 4.57 Å². The summed E-state index contributed by atoms with van der Waals surface area (Å²) >= 11 is 7.49. The zero-order valence-electron chi connectivity index (χ0n) is 9.28. The zero-order chi connectivity index (χ0) is 11.8. The first-order valence-corrected chi connectivity index (χ1v) is 6.88. The molecular weight excluding hydrogens is 254 g/mol. The molecule has 2 aromatic heterocycles. The van der Waals surface area contributed by atoms with Gasteiger partial charge in [0.05, 0.1) is 10.9 Å². The molecule has 0 atom stereocenters. The van der Waals surface area contributed by atoms with Crippen LogP contribution in [-0.2, 0) is 13.0 Å². The van der Waals surface area contributed by atoms with E-state index in [2.05, 4.69) is 10.8 Å². The minimum absolute atomic E-state index is 0.286. The van der Waals surface area contributed by atoms with Gasteiger partial charge in [-0.3, -0.25) is 4.79 Å². The van der Waals surface area contributed by atoms with Crippen LogP contribution in [0, 0.1) is 0 Å². The average molecular weight is 266 g/mol. The highest BCUT2D eigenvalue weighted by molar-refractivity contribution is 7.16. The lowest BCUT2D eigenvalue weighted by Gasteiger charge is -2.07. The van der Waals surface area contributed by atoms with Crippen LogP contribution in [0.1, 0.15) is 33.6 Å². The SMILES string of the molecule is O=C1CCCc2cn(Cc3ccc(Cl)s3)cc21. The van der Waals surface area contributed by atoms with Gasteiger partial charge in [0.15, 0.2) is 5.78 Å². The fourth-order valence-corrected chi connectivity index (χ4v) is 3.38. The second-order valence-electron chi connectivity index (χ2n) is 4.35. The van der Waals surface area contributed by atoms with Crippen LogP contribution in [0.3, 0.4) is 0 Å². The van der Waals surface area contributed by atoms with E-state index in [4.69, 9.17) is 11.6 Å². The smallest absolute Gasteiger partial charge is 0.164 e. The Hall–Kier alpha value is -1.06. The molecule has 4 heteroatoms. The average Bonchev–Trinajstić information content (AvgIpc) is 2.86. The van der Waals surface area contributed by atoms with E-state index in [-0.39, 0.29) is 5.78 Å². The van der Waals surface area contributed by atoms with E-state index in [1.165, 1.54) is 10.4 Å². The molecule has 0 bridgehead atoms. The van der Waals surface area contributed by atoms with Crippen LogP contribution in [0.15, 0.2) is 24.5 Å². The number of rotatable bonds is 2. The van der Waals surface area contributed by atoms with Crippen LogP contribution in [-0.4, -0.2) is 10.4 Å². The lowest BCUT2D eigenvalue weighted by Crippen LogP contribution is -2.07. The van der Waals surface area contributed by atoms with Gasteiger partial charge in [-0.15, -0.1) is 11.3 Å². The first kappa shape index (κ1) is 11.1. The maximum absolute atomic E-state index is 11.7.